The van der Waals surface area contributed by atoms with Crippen LogP contribution in [0.3, 0.4) is 0 Å². The highest BCUT2D eigenvalue weighted by Gasteiger charge is 2.40. The van der Waals surface area contributed by atoms with E-state index in [1.54, 1.807) is 13.8 Å². The van der Waals surface area contributed by atoms with Gasteiger partial charge in [0.05, 0.1) is 22.3 Å². The van der Waals surface area contributed by atoms with Gasteiger partial charge in [0, 0.05) is 44.3 Å². The molecule has 0 aliphatic heterocycles. The van der Waals surface area contributed by atoms with E-state index in [-0.39, 0.29) is 22.3 Å². The molecule has 6 N–H and O–H groups in total. The van der Waals surface area contributed by atoms with Crippen LogP contribution in [-0.2, 0) is 22.4 Å². The molecule has 10 heteroatoms. The quantitative estimate of drug-likeness (QED) is 0.202. The average molecular weight is 514 g/mol. The van der Waals surface area contributed by atoms with Crippen molar-refractivity contribution in [1.29, 1.82) is 0 Å². The Morgan fingerprint density at radius 3 is 1.37 bits per heavy atom. The molecular weight excluding hydrogens is 492 g/mol. The van der Waals surface area contributed by atoms with E-state index >= 15 is 0 Å². The summed E-state index contributed by atoms with van der Waals surface area (Å²) in [6, 6.07) is 8.48. The lowest BCUT2D eigenvalue weighted by molar-refractivity contribution is -0.116. The van der Waals surface area contributed by atoms with Crippen LogP contribution in [0, 0.1) is 0 Å². The fraction of sp³-hybridized carbons (Fsp3) is 0.143. The first-order chi connectivity index (χ1) is 18.1. The summed E-state index contributed by atoms with van der Waals surface area (Å²) >= 11 is 0. The SMILES string of the molecule is CCc1[nH]c2ccc(C(=O)O)cc2c1C1=C(O)C(=O)C(c2c(CC)[nH]c3ccc(C(=O)O)cc23)=C(O)C1=O. The van der Waals surface area contributed by atoms with Crippen molar-refractivity contribution >= 4 is 56.5 Å². The maximum Gasteiger partial charge on any atom is 0.335 e. The van der Waals surface area contributed by atoms with E-state index in [9.17, 15) is 39.6 Å². The number of aryl methyl sites for hydroxylation is 2. The first-order valence-electron chi connectivity index (χ1n) is 11.8. The van der Waals surface area contributed by atoms with Crippen LogP contribution < -0.4 is 0 Å². The number of carbonyl (C=O) groups excluding carboxylic acids is 2. The number of fused-ring (bicyclic) bond motifs is 2. The molecule has 0 fully saturated rings. The summed E-state index contributed by atoms with van der Waals surface area (Å²) in [5.41, 5.74) is 1.18. The second-order valence-corrected chi connectivity index (χ2v) is 8.90. The third-order valence-corrected chi connectivity index (χ3v) is 6.81. The largest absolute Gasteiger partial charge is 0.504 e. The van der Waals surface area contributed by atoms with Crippen LogP contribution >= 0.6 is 0 Å². The first-order valence-corrected chi connectivity index (χ1v) is 11.8. The number of allylic oxidation sites excluding steroid dienone is 2. The standard InChI is InChI=1S/C28H22N2O8/c1-3-15-19(13-9-11(27(35)36)5-7-17(13)29-15)21-23(31)25(33)22(26(34)24(21)32)20-14-10-12(28(37)38)6-8-18(14)30-16(20)4-2/h5-10,29-31,34H,3-4H2,1-2H3,(H,35,36)(H,37,38). The lowest BCUT2D eigenvalue weighted by Crippen LogP contribution is -2.23. The Bertz CT molecular complexity index is 1670. The number of hydrogen-bond donors (Lipinski definition) is 6. The number of nitrogens with one attached hydrogen (secondary N) is 2. The average Bonchev–Trinajstić information content (AvgIpc) is 3.45. The minimum absolute atomic E-state index is 0.0591. The number of rotatable bonds is 6. The minimum Gasteiger partial charge on any atom is -0.504 e. The van der Waals surface area contributed by atoms with Crippen molar-refractivity contribution in [3.05, 3.63) is 81.6 Å². The molecule has 4 aromatic rings. The number of aliphatic hydroxyl groups excluding tert-OH is 2. The van der Waals surface area contributed by atoms with Gasteiger partial charge in [0.25, 0.3) is 0 Å². The lowest BCUT2D eigenvalue weighted by Gasteiger charge is -2.19. The predicted octanol–water partition coefficient (Wildman–Crippen LogP) is 4.56. The van der Waals surface area contributed by atoms with Crippen molar-refractivity contribution in [2.45, 2.75) is 26.7 Å². The van der Waals surface area contributed by atoms with Gasteiger partial charge in [-0.05, 0) is 49.2 Å². The van der Waals surface area contributed by atoms with Gasteiger partial charge in [-0.1, -0.05) is 13.8 Å². The molecule has 0 saturated heterocycles. The number of H-pyrrole nitrogens is 2. The number of carbonyl (C=O) groups is 4. The highest BCUT2D eigenvalue weighted by molar-refractivity contribution is 6.48. The second kappa shape index (κ2) is 8.77. The number of aromatic carboxylic acids is 2. The van der Waals surface area contributed by atoms with Gasteiger partial charge in [0.2, 0.25) is 11.6 Å². The van der Waals surface area contributed by atoms with Crippen molar-refractivity contribution in [1.82, 2.24) is 9.97 Å². The van der Waals surface area contributed by atoms with Crippen LogP contribution in [0.4, 0.5) is 0 Å². The number of aromatic amines is 2. The van der Waals surface area contributed by atoms with E-state index in [4.69, 9.17) is 0 Å². The number of ketones is 2. The van der Waals surface area contributed by atoms with Crippen molar-refractivity contribution < 1.29 is 39.6 Å². The Kier molecular flexibility index (Phi) is 5.67. The van der Waals surface area contributed by atoms with Gasteiger partial charge in [-0.15, -0.1) is 0 Å². The van der Waals surface area contributed by atoms with Crippen molar-refractivity contribution in [3.63, 3.8) is 0 Å². The smallest absolute Gasteiger partial charge is 0.335 e. The van der Waals surface area contributed by atoms with Gasteiger partial charge >= 0.3 is 11.9 Å². The number of carboxylic acid groups (broad SMARTS) is 2. The zero-order valence-electron chi connectivity index (χ0n) is 20.3. The normalized spacial score (nSPS) is 14.3. The maximum atomic E-state index is 13.6. The molecule has 0 bridgehead atoms. The van der Waals surface area contributed by atoms with Gasteiger partial charge in [0.1, 0.15) is 0 Å². The summed E-state index contributed by atoms with van der Waals surface area (Å²) in [6.45, 7) is 3.55. The van der Waals surface area contributed by atoms with Gasteiger partial charge in [-0.25, -0.2) is 9.59 Å². The van der Waals surface area contributed by atoms with Crippen molar-refractivity contribution in [3.8, 4) is 0 Å². The third-order valence-electron chi connectivity index (χ3n) is 6.81. The summed E-state index contributed by atoms with van der Waals surface area (Å²) in [6.07, 6.45) is 0.699. The number of benzene rings is 2. The predicted molar refractivity (Wildman–Crippen MR) is 138 cm³/mol. The van der Waals surface area contributed by atoms with Crippen molar-refractivity contribution in [2.75, 3.05) is 0 Å². The molecule has 0 saturated carbocycles. The molecule has 0 radical (unpaired) electrons. The zero-order chi connectivity index (χ0) is 27.5. The Morgan fingerprint density at radius 1 is 0.684 bits per heavy atom. The van der Waals surface area contributed by atoms with E-state index in [2.05, 4.69) is 9.97 Å². The van der Waals surface area contributed by atoms with Gasteiger partial charge in [-0.2, -0.15) is 0 Å². The van der Waals surface area contributed by atoms with E-state index in [1.165, 1.54) is 36.4 Å². The van der Waals surface area contributed by atoms with E-state index in [1.807, 2.05) is 0 Å². The Balaban J connectivity index is 1.76. The molecule has 2 aromatic heterocycles. The molecule has 1 aliphatic carbocycles. The Hall–Kier alpha value is -5.12. The molecule has 1 aliphatic rings. The Labute approximate surface area is 214 Å². The molecule has 10 nitrogen and oxygen atoms in total. The fourth-order valence-electron chi connectivity index (χ4n) is 5.01. The second-order valence-electron chi connectivity index (χ2n) is 8.90. The number of aromatic nitrogens is 2. The number of aliphatic hydroxyl groups is 2. The summed E-state index contributed by atoms with van der Waals surface area (Å²) in [5.74, 6) is -6.22. The highest BCUT2D eigenvalue weighted by Crippen LogP contribution is 2.41. The van der Waals surface area contributed by atoms with Crippen molar-refractivity contribution in [2.24, 2.45) is 0 Å². The molecule has 0 unspecified atom stereocenters. The zero-order valence-corrected chi connectivity index (χ0v) is 20.3. The summed E-state index contributed by atoms with van der Waals surface area (Å²) in [7, 11) is 0. The van der Waals surface area contributed by atoms with Crippen LogP contribution in [0.2, 0.25) is 0 Å². The maximum absolute atomic E-state index is 13.6. The summed E-state index contributed by atoms with van der Waals surface area (Å²) in [5, 5.41) is 41.8. The summed E-state index contributed by atoms with van der Waals surface area (Å²) < 4.78 is 0. The van der Waals surface area contributed by atoms with Crippen LogP contribution in [0.25, 0.3) is 33.0 Å². The van der Waals surface area contributed by atoms with Gasteiger partial charge < -0.3 is 30.4 Å². The molecule has 38 heavy (non-hydrogen) atoms. The molecule has 2 aromatic carbocycles. The van der Waals surface area contributed by atoms with Crippen LogP contribution in [-0.4, -0.2) is 53.9 Å². The monoisotopic (exact) mass is 514 g/mol. The molecule has 192 valence electrons. The van der Waals surface area contributed by atoms with Gasteiger partial charge in [-0.3, -0.25) is 9.59 Å². The van der Waals surface area contributed by atoms with Crippen LogP contribution in [0.15, 0.2) is 47.9 Å². The number of Topliss-reactive ketones (excluding diaryl/α,β-unsaturated/α-hetero) is 2. The fourth-order valence-corrected chi connectivity index (χ4v) is 5.01. The highest BCUT2D eigenvalue weighted by atomic mass is 16.4. The van der Waals surface area contributed by atoms with Crippen LogP contribution in [0.1, 0.15) is 57.1 Å². The number of hydrogen-bond acceptors (Lipinski definition) is 6. The third kappa shape index (κ3) is 3.49. The topological polar surface area (TPSA) is 181 Å². The first kappa shape index (κ1) is 24.6. The summed E-state index contributed by atoms with van der Waals surface area (Å²) in [4.78, 5) is 56.5. The molecule has 5 rings (SSSR count). The molecule has 0 spiro atoms. The van der Waals surface area contributed by atoms with Gasteiger partial charge in [0.15, 0.2) is 11.5 Å². The van der Waals surface area contributed by atoms with E-state index in [0.717, 1.165) is 0 Å². The minimum atomic E-state index is -1.20. The number of carboxylic acids is 2. The molecule has 2 heterocycles. The molecule has 0 atom stereocenters. The van der Waals surface area contributed by atoms with E-state index < -0.39 is 46.2 Å². The lowest BCUT2D eigenvalue weighted by atomic mass is 9.83. The molecule has 0 amide bonds. The van der Waals surface area contributed by atoms with Crippen LogP contribution in [0.5, 0.6) is 0 Å². The Morgan fingerprint density at radius 2 is 1.05 bits per heavy atom. The molecular formula is C28H22N2O8. The van der Waals surface area contributed by atoms with E-state index in [0.29, 0.717) is 46.0 Å².